The topological polar surface area (TPSA) is 63.2 Å². The van der Waals surface area contributed by atoms with Gasteiger partial charge in [0, 0.05) is 12.1 Å². The standard InChI is InChI=1S/C11H20ClNO3S/c1-9-4-3-5-11(6-9,8-12)13-10(14)7-17(2,15)16/h9H,3-8H2,1-2H3,(H,13,14). The van der Waals surface area contributed by atoms with E-state index in [1.807, 2.05) is 0 Å². The molecule has 2 unspecified atom stereocenters. The smallest absolute Gasteiger partial charge is 0.235 e. The van der Waals surface area contributed by atoms with Gasteiger partial charge in [-0.25, -0.2) is 8.42 Å². The lowest BCUT2D eigenvalue weighted by molar-refractivity contribution is -0.120. The highest BCUT2D eigenvalue weighted by atomic mass is 35.5. The predicted octanol–water partition coefficient (Wildman–Crippen LogP) is 1.33. The van der Waals surface area contributed by atoms with Gasteiger partial charge >= 0.3 is 0 Å². The number of alkyl halides is 1. The Morgan fingerprint density at radius 3 is 2.65 bits per heavy atom. The van der Waals surface area contributed by atoms with Gasteiger partial charge < -0.3 is 5.32 Å². The first-order valence-electron chi connectivity index (χ1n) is 5.81. The van der Waals surface area contributed by atoms with Gasteiger partial charge in [0.05, 0.1) is 5.54 Å². The summed E-state index contributed by atoms with van der Waals surface area (Å²) in [4.78, 5) is 11.6. The molecule has 1 fully saturated rings. The number of amides is 1. The van der Waals surface area contributed by atoms with Crippen molar-refractivity contribution in [1.82, 2.24) is 5.32 Å². The summed E-state index contributed by atoms with van der Waals surface area (Å²) < 4.78 is 22.1. The van der Waals surface area contributed by atoms with Crippen LogP contribution in [0.5, 0.6) is 0 Å². The highest BCUT2D eigenvalue weighted by molar-refractivity contribution is 7.91. The number of hydrogen-bond acceptors (Lipinski definition) is 3. The zero-order valence-corrected chi connectivity index (χ0v) is 11.9. The SMILES string of the molecule is CC1CCCC(CCl)(NC(=O)CS(C)(=O)=O)C1. The van der Waals surface area contributed by atoms with E-state index in [1.54, 1.807) is 0 Å². The van der Waals surface area contributed by atoms with Crippen molar-refractivity contribution in [2.45, 2.75) is 38.1 Å². The average Bonchev–Trinajstić information content (AvgIpc) is 2.14. The Morgan fingerprint density at radius 1 is 1.53 bits per heavy atom. The van der Waals surface area contributed by atoms with E-state index < -0.39 is 27.0 Å². The first-order chi connectivity index (χ1) is 7.76. The first-order valence-corrected chi connectivity index (χ1v) is 8.40. The normalized spacial score (nSPS) is 29.9. The molecule has 0 radical (unpaired) electrons. The van der Waals surface area contributed by atoms with Crippen molar-refractivity contribution in [3.05, 3.63) is 0 Å². The van der Waals surface area contributed by atoms with Gasteiger partial charge in [0.25, 0.3) is 0 Å². The molecule has 0 aliphatic heterocycles. The van der Waals surface area contributed by atoms with Gasteiger partial charge in [-0.3, -0.25) is 4.79 Å². The minimum atomic E-state index is -3.28. The first kappa shape index (κ1) is 14.8. The van der Waals surface area contributed by atoms with E-state index in [-0.39, 0.29) is 0 Å². The van der Waals surface area contributed by atoms with Crippen LogP contribution in [0.2, 0.25) is 0 Å². The van der Waals surface area contributed by atoms with Crippen molar-refractivity contribution in [2.75, 3.05) is 17.9 Å². The Hall–Kier alpha value is -0.290. The zero-order valence-electron chi connectivity index (χ0n) is 10.3. The van der Waals surface area contributed by atoms with Gasteiger partial charge in [-0.1, -0.05) is 19.8 Å². The number of rotatable bonds is 4. The number of sulfone groups is 1. The maximum atomic E-state index is 11.6. The summed E-state index contributed by atoms with van der Waals surface area (Å²) in [5.41, 5.74) is -0.416. The fraction of sp³-hybridized carbons (Fsp3) is 0.909. The summed E-state index contributed by atoms with van der Waals surface area (Å²) >= 11 is 5.95. The second-order valence-corrected chi connectivity index (χ2v) is 7.64. The molecule has 1 N–H and O–H groups in total. The van der Waals surface area contributed by atoms with E-state index in [0.717, 1.165) is 31.9 Å². The Bertz CT molecular complexity index is 382. The predicted molar refractivity (Wildman–Crippen MR) is 68.9 cm³/mol. The van der Waals surface area contributed by atoms with Crippen LogP contribution in [0.25, 0.3) is 0 Å². The van der Waals surface area contributed by atoms with E-state index in [4.69, 9.17) is 11.6 Å². The van der Waals surface area contributed by atoms with Crippen LogP contribution in [0, 0.1) is 5.92 Å². The van der Waals surface area contributed by atoms with Crippen molar-refractivity contribution < 1.29 is 13.2 Å². The second kappa shape index (κ2) is 5.57. The number of carbonyl (C=O) groups is 1. The Kier molecular flexibility index (Phi) is 4.84. The zero-order chi connectivity index (χ0) is 13.1. The lowest BCUT2D eigenvalue weighted by atomic mass is 9.77. The van der Waals surface area contributed by atoms with Crippen LogP contribution in [-0.2, 0) is 14.6 Å². The molecule has 0 aromatic carbocycles. The molecule has 0 heterocycles. The van der Waals surface area contributed by atoms with Crippen LogP contribution in [-0.4, -0.2) is 37.8 Å². The highest BCUT2D eigenvalue weighted by Gasteiger charge is 2.35. The van der Waals surface area contributed by atoms with Crippen LogP contribution in [0.4, 0.5) is 0 Å². The summed E-state index contributed by atoms with van der Waals surface area (Å²) in [6.07, 6.45) is 4.87. The molecule has 1 saturated carbocycles. The van der Waals surface area contributed by atoms with Crippen molar-refractivity contribution in [1.29, 1.82) is 0 Å². The number of hydrogen-bond donors (Lipinski definition) is 1. The fourth-order valence-corrected chi connectivity index (χ4v) is 3.36. The van der Waals surface area contributed by atoms with E-state index in [9.17, 15) is 13.2 Å². The number of halogens is 1. The molecule has 4 nitrogen and oxygen atoms in total. The number of nitrogens with one attached hydrogen (secondary N) is 1. The molecule has 0 saturated heterocycles. The molecule has 1 aliphatic carbocycles. The van der Waals surface area contributed by atoms with Crippen LogP contribution < -0.4 is 5.32 Å². The lowest BCUT2D eigenvalue weighted by Crippen LogP contribution is -2.54. The molecule has 0 aromatic rings. The molecule has 6 heteroatoms. The summed E-state index contributed by atoms with van der Waals surface area (Å²) in [6, 6.07) is 0. The minimum Gasteiger partial charge on any atom is -0.349 e. The summed E-state index contributed by atoms with van der Waals surface area (Å²) in [5, 5.41) is 2.82. The van der Waals surface area contributed by atoms with E-state index in [2.05, 4.69) is 12.2 Å². The summed E-state index contributed by atoms with van der Waals surface area (Å²) in [7, 11) is -3.28. The molecule has 100 valence electrons. The molecule has 0 spiro atoms. The summed E-state index contributed by atoms with van der Waals surface area (Å²) in [6.45, 7) is 2.13. The summed E-state index contributed by atoms with van der Waals surface area (Å²) in [5.74, 6) is -0.0457. The molecule has 1 amide bonds. The van der Waals surface area contributed by atoms with Gasteiger partial charge in [-0.15, -0.1) is 11.6 Å². The molecule has 2 atom stereocenters. The lowest BCUT2D eigenvalue weighted by Gasteiger charge is -2.39. The average molecular weight is 282 g/mol. The second-order valence-electron chi connectivity index (χ2n) is 5.23. The van der Waals surface area contributed by atoms with E-state index in [1.165, 1.54) is 0 Å². The monoisotopic (exact) mass is 281 g/mol. The van der Waals surface area contributed by atoms with Gasteiger partial charge in [-0.05, 0) is 18.8 Å². The van der Waals surface area contributed by atoms with Gasteiger partial charge in [0.1, 0.15) is 5.75 Å². The molecule has 1 rings (SSSR count). The van der Waals surface area contributed by atoms with E-state index in [0.29, 0.717) is 11.8 Å². The minimum absolute atomic E-state index is 0.340. The molecule has 1 aliphatic rings. The molecule has 17 heavy (non-hydrogen) atoms. The van der Waals surface area contributed by atoms with Gasteiger partial charge in [0.2, 0.25) is 5.91 Å². The van der Waals surface area contributed by atoms with Crippen LogP contribution in [0.15, 0.2) is 0 Å². The Labute approximate surface area is 108 Å². The van der Waals surface area contributed by atoms with Gasteiger partial charge in [-0.2, -0.15) is 0 Å². The molecular formula is C11H20ClNO3S. The molecule has 0 aromatic heterocycles. The van der Waals surface area contributed by atoms with Crippen LogP contribution >= 0.6 is 11.6 Å². The third kappa shape index (κ3) is 4.84. The largest absolute Gasteiger partial charge is 0.349 e. The highest BCUT2D eigenvalue weighted by Crippen LogP contribution is 2.33. The quantitative estimate of drug-likeness (QED) is 0.791. The van der Waals surface area contributed by atoms with Gasteiger partial charge in [0.15, 0.2) is 9.84 Å². The van der Waals surface area contributed by atoms with Crippen LogP contribution in [0.1, 0.15) is 32.6 Å². The Morgan fingerprint density at radius 2 is 2.18 bits per heavy atom. The third-order valence-electron chi connectivity index (χ3n) is 3.15. The third-order valence-corrected chi connectivity index (χ3v) is 4.44. The maximum absolute atomic E-state index is 11.6. The van der Waals surface area contributed by atoms with Crippen molar-refractivity contribution >= 4 is 27.3 Å². The van der Waals surface area contributed by atoms with E-state index >= 15 is 0 Å². The van der Waals surface area contributed by atoms with Crippen molar-refractivity contribution in [2.24, 2.45) is 5.92 Å². The van der Waals surface area contributed by atoms with Crippen LogP contribution in [0.3, 0.4) is 0 Å². The maximum Gasteiger partial charge on any atom is 0.235 e. The fourth-order valence-electron chi connectivity index (χ4n) is 2.50. The van der Waals surface area contributed by atoms with Crippen molar-refractivity contribution in [3.63, 3.8) is 0 Å². The number of carbonyl (C=O) groups excluding carboxylic acids is 1. The van der Waals surface area contributed by atoms with Crippen molar-refractivity contribution in [3.8, 4) is 0 Å². The Balaban J connectivity index is 2.65. The molecule has 0 bridgehead atoms. The molecular weight excluding hydrogens is 262 g/mol.